The Morgan fingerprint density at radius 1 is 1.50 bits per heavy atom. The number of rotatable bonds is 1. The maximum absolute atomic E-state index is 11.6. The first kappa shape index (κ1) is 11.1. The fraction of sp³-hybridized carbons (Fsp3) is 0.273. The molecule has 0 saturated carbocycles. The molecule has 0 saturated heterocycles. The Balaban J connectivity index is 2.83. The minimum atomic E-state index is -0.371. The van der Waals surface area contributed by atoms with Gasteiger partial charge in [-0.25, -0.2) is 9.78 Å². The van der Waals surface area contributed by atoms with Crippen molar-refractivity contribution in [2.75, 3.05) is 7.11 Å². The zero-order valence-corrected chi connectivity index (χ0v) is 10.8. The van der Waals surface area contributed by atoms with Gasteiger partial charge >= 0.3 is 5.97 Å². The summed E-state index contributed by atoms with van der Waals surface area (Å²) in [7, 11) is 3.28. The van der Waals surface area contributed by atoms with Crippen LogP contribution in [0, 0.1) is 6.92 Å². The van der Waals surface area contributed by atoms with Gasteiger partial charge < -0.3 is 9.30 Å². The second-order valence-electron chi connectivity index (χ2n) is 3.53. The molecule has 0 bridgehead atoms. The van der Waals surface area contributed by atoms with Crippen molar-refractivity contribution < 1.29 is 9.53 Å². The number of hydrogen-bond acceptors (Lipinski definition) is 3. The molecule has 4 nitrogen and oxygen atoms in total. The van der Waals surface area contributed by atoms with Crippen LogP contribution < -0.4 is 0 Å². The standard InChI is InChI=1S/C11H11BrN2O2/c1-6-13-10-8(11(15)16-3)4-7(12)5-9(10)14(6)2/h4-5H,1-3H3. The summed E-state index contributed by atoms with van der Waals surface area (Å²) >= 11 is 3.38. The molecule has 1 heterocycles. The van der Waals surface area contributed by atoms with Gasteiger partial charge in [-0.15, -0.1) is 0 Å². The molecule has 1 aromatic carbocycles. The van der Waals surface area contributed by atoms with Gasteiger partial charge in [0.05, 0.1) is 18.2 Å². The zero-order valence-electron chi connectivity index (χ0n) is 9.24. The van der Waals surface area contributed by atoms with Crippen LogP contribution in [-0.2, 0) is 11.8 Å². The molecule has 0 unspecified atom stereocenters. The van der Waals surface area contributed by atoms with Crippen LogP contribution in [0.2, 0.25) is 0 Å². The average Bonchev–Trinajstić information content (AvgIpc) is 2.54. The van der Waals surface area contributed by atoms with Crippen LogP contribution in [0.15, 0.2) is 16.6 Å². The number of nitrogens with zero attached hydrogens (tertiary/aromatic N) is 2. The average molecular weight is 283 g/mol. The maximum Gasteiger partial charge on any atom is 0.340 e. The monoisotopic (exact) mass is 282 g/mol. The van der Waals surface area contributed by atoms with Crippen LogP contribution in [0.25, 0.3) is 11.0 Å². The minimum Gasteiger partial charge on any atom is -0.465 e. The van der Waals surface area contributed by atoms with Crippen LogP contribution in [0.5, 0.6) is 0 Å². The second-order valence-corrected chi connectivity index (χ2v) is 4.45. The number of imidazole rings is 1. The van der Waals surface area contributed by atoms with Gasteiger partial charge in [-0.3, -0.25) is 0 Å². The lowest BCUT2D eigenvalue weighted by molar-refractivity contribution is 0.0602. The van der Waals surface area contributed by atoms with E-state index in [2.05, 4.69) is 20.9 Å². The van der Waals surface area contributed by atoms with E-state index in [0.29, 0.717) is 11.1 Å². The summed E-state index contributed by atoms with van der Waals surface area (Å²) in [5.41, 5.74) is 2.07. The highest BCUT2D eigenvalue weighted by Crippen LogP contribution is 2.24. The normalized spacial score (nSPS) is 10.8. The molecule has 1 aromatic heterocycles. The van der Waals surface area contributed by atoms with Crippen molar-refractivity contribution in [2.45, 2.75) is 6.92 Å². The molecule has 5 heteroatoms. The third-order valence-corrected chi connectivity index (χ3v) is 3.04. The first-order valence-corrected chi connectivity index (χ1v) is 5.54. The van der Waals surface area contributed by atoms with Gasteiger partial charge in [0, 0.05) is 11.5 Å². The number of halogens is 1. The third kappa shape index (κ3) is 1.61. The lowest BCUT2D eigenvalue weighted by Gasteiger charge is -2.02. The topological polar surface area (TPSA) is 44.1 Å². The Labute approximate surface area is 101 Å². The molecule has 0 amide bonds. The fourth-order valence-electron chi connectivity index (χ4n) is 1.63. The van der Waals surface area contributed by atoms with Crippen molar-refractivity contribution in [1.82, 2.24) is 9.55 Å². The molecule has 16 heavy (non-hydrogen) atoms. The van der Waals surface area contributed by atoms with Crippen molar-refractivity contribution >= 4 is 32.9 Å². The van der Waals surface area contributed by atoms with Crippen molar-refractivity contribution in [1.29, 1.82) is 0 Å². The number of carbonyl (C=O) groups is 1. The number of ether oxygens (including phenoxy) is 1. The molecule has 84 valence electrons. The largest absolute Gasteiger partial charge is 0.465 e. The molecule has 0 N–H and O–H groups in total. The molecule has 2 rings (SSSR count). The van der Waals surface area contributed by atoms with E-state index in [9.17, 15) is 4.79 Å². The Kier molecular flexibility index (Phi) is 2.71. The number of esters is 1. The van der Waals surface area contributed by atoms with Crippen molar-refractivity contribution in [3.8, 4) is 0 Å². The van der Waals surface area contributed by atoms with Gasteiger partial charge in [0.2, 0.25) is 0 Å². The smallest absolute Gasteiger partial charge is 0.340 e. The van der Waals surface area contributed by atoms with E-state index >= 15 is 0 Å². The summed E-state index contributed by atoms with van der Waals surface area (Å²) in [5.74, 6) is 0.489. The molecular weight excluding hydrogens is 272 g/mol. The summed E-state index contributed by atoms with van der Waals surface area (Å²) in [6.07, 6.45) is 0. The van der Waals surface area contributed by atoms with Crippen LogP contribution in [0.1, 0.15) is 16.2 Å². The number of aromatic nitrogens is 2. The highest BCUT2D eigenvalue weighted by molar-refractivity contribution is 9.10. The lowest BCUT2D eigenvalue weighted by Crippen LogP contribution is -2.02. The highest BCUT2D eigenvalue weighted by atomic mass is 79.9. The number of aryl methyl sites for hydroxylation is 2. The third-order valence-electron chi connectivity index (χ3n) is 2.58. The first-order chi connectivity index (χ1) is 7.54. The SMILES string of the molecule is COC(=O)c1cc(Br)cc2c1nc(C)n2C. The molecule has 0 atom stereocenters. The number of carbonyl (C=O) groups excluding carboxylic acids is 1. The van der Waals surface area contributed by atoms with E-state index in [1.807, 2.05) is 24.6 Å². The van der Waals surface area contributed by atoms with Crippen LogP contribution in [-0.4, -0.2) is 22.6 Å². The lowest BCUT2D eigenvalue weighted by atomic mass is 10.2. The molecular formula is C11H11BrN2O2. The van der Waals surface area contributed by atoms with E-state index in [1.165, 1.54) is 7.11 Å². The Bertz CT molecular complexity index is 575. The zero-order chi connectivity index (χ0) is 11.9. The van der Waals surface area contributed by atoms with E-state index < -0.39 is 0 Å². The first-order valence-electron chi connectivity index (χ1n) is 4.75. The fourth-order valence-corrected chi connectivity index (χ4v) is 2.08. The summed E-state index contributed by atoms with van der Waals surface area (Å²) in [5, 5.41) is 0. The van der Waals surface area contributed by atoms with Crippen molar-refractivity contribution in [3.05, 3.63) is 28.0 Å². The molecule has 0 spiro atoms. The van der Waals surface area contributed by atoms with Crippen LogP contribution in [0.4, 0.5) is 0 Å². The van der Waals surface area contributed by atoms with E-state index in [4.69, 9.17) is 4.74 Å². The van der Waals surface area contributed by atoms with Gasteiger partial charge in [0.15, 0.2) is 0 Å². The molecule has 2 aromatic rings. The van der Waals surface area contributed by atoms with Gasteiger partial charge in [-0.1, -0.05) is 15.9 Å². The molecule has 0 radical (unpaired) electrons. The van der Waals surface area contributed by atoms with E-state index in [-0.39, 0.29) is 5.97 Å². The number of fused-ring (bicyclic) bond motifs is 1. The molecule has 0 aliphatic rings. The summed E-state index contributed by atoms with van der Waals surface area (Å²) in [6, 6.07) is 3.66. The maximum atomic E-state index is 11.6. The predicted octanol–water partition coefficient (Wildman–Crippen LogP) is 2.43. The second kappa shape index (κ2) is 3.90. The Morgan fingerprint density at radius 2 is 2.19 bits per heavy atom. The number of hydrogen-bond donors (Lipinski definition) is 0. The van der Waals surface area contributed by atoms with E-state index in [1.54, 1.807) is 6.07 Å². The predicted molar refractivity (Wildman–Crippen MR) is 64.5 cm³/mol. The number of benzene rings is 1. The molecule has 0 aliphatic carbocycles. The Hall–Kier alpha value is -1.36. The van der Waals surface area contributed by atoms with Gasteiger partial charge in [0.1, 0.15) is 11.3 Å². The minimum absolute atomic E-state index is 0.371. The van der Waals surface area contributed by atoms with Gasteiger partial charge in [-0.2, -0.15) is 0 Å². The quantitative estimate of drug-likeness (QED) is 0.755. The van der Waals surface area contributed by atoms with Crippen LogP contribution >= 0.6 is 15.9 Å². The molecule has 0 aliphatic heterocycles. The summed E-state index contributed by atoms with van der Waals surface area (Å²) in [4.78, 5) is 16.0. The van der Waals surface area contributed by atoms with E-state index in [0.717, 1.165) is 15.8 Å². The van der Waals surface area contributed by atoms with Crippen molar-refractivity contribution in [2.24, 2.45) is 7.05 Å². The van der Waals surface area contributed by atoms with Gasteiger partial charge in [-0.05, 0) is 19.1 Å². The molecule has 0 fully saturated rings. The summed E-state index contributed by atoms with van der Waals surface area (Å²) < 4.78 is 7.51. The van der Waals surface area contributed by atoms with Crippen molar-refractivity contribution in [3.63, 3.8) is 0 Å². The highest BCUT2D eigenvalue weighted by Gasteiger charge is 2.16. The van der Waals surface area contributed by atoms with Gasteiger partial charge in [0.25, 0.3) is 0 Å². The Morgan fingerprint density at radius 3 is 2.81 bits per heavy atom. The van der Waals surface area contributed by atoms with Crippen LogP contribution in [0.3, 0.4) is 0 Å². The summed E-state index contributed by atoms with van der Waals surface area (Å²) in [6.45, 7) is 1.90. The number of methoxy groups -OCH3 is 1.